The van der Waals surface area contributed by atoms with Crippen LogP contribution in [-0.2, 0) is 0 Å². The van der Waals surface area contributed by atoms with E-state index in [1.807, 2.05) is 0 Å². The maximum absolute atomic E-state index is 11.2. The number of nitrogens with one attached hydrogen (secondary N) is 1. The van der Waals surface area contributed by atoms with Crippen LogP contribution >= 0.6 is 11.3 Å². The first kappa shape index (κ1) is 11.3. The third-order valence-corrected chi connectivity index (χ3v) is 3.53. The normalized spacial score (nSPS) is 17.5. The standard InChI is InChI=1S/C9H15N5OS/c1-13-2-4-14(5-3-13)9-11-7(6-16-9)8(15)12-10/h6H,2-5,10H2,1H3,(H,12,15). The summed E-state index contributed by atoms with van der Waals surface area (Å²) in [5.74, 6) is 4.72. The van der Waals surface area contributed by atoms with Crippen LogP contribution in [0.25, 0.3) is 0 Å². The summed E-state index contributed by atoms with van der Waals surface area (Å²) in [5, 5.41) is 2.63. The Kier molecular flexibility index (Phi) is 3.37. The van der Waals surface area contributed by atoms with Crippen molar-refractivity contribution in [1.29, 1.82) is 0 Å². The number of nitrogens with two attached hydrogens (primary N) is 1. The second-order valence-electron chi connectivity index (χ2n) is 3.78. The third kappa shape index (κ3) is 2.31. The molecule has 0 saturated carbocycles. The maximum Gasteiger partial charge on any atom is 0.284 e. The molecular weight excluding hydrogens is 226 g/mol. The van der Waals surface area contributed by atoms with Crippen LogP contribution in [0.3, 0.4) is 0 Å². The highest BCUT2D eigenvalue weighted by Gasteiger charge is 2.18. The number of nitrogens with zero attached hydrogens (tertiary/aromatic N) is 3. The van der Waals surface area contributed by atoms with Gasteiger partial charge in [-0.05, 0) is 7.05 Å². The zero-order valence-corrected chi connectivity index (χ0v) is 9.96. The van der Waals surface area contributed by atoms with Crippen molar-refractivity contribution in [3.8, 4) is 0 Å². The van der Waals surface area contributed by atoms with Gasteiger partial charge in [-0.15, -0.1) is 11.3 Å². The molecule has 1 saturated heterocycles. The number of amides is 1. The van der Waals surface area contributed by atoms with Gasteiger partial charge in [-0.2, -0.15) is 0 Å². The number of aromatic nitrogens is 1. The topological polar surface area (TPSA) is 74.5 Å². The van der Waals surface area contributed by atoms with E-state index < -0.39 is 0 Å². The van der Waals surface area contributed by atoms with E-state index in [1.165, 1.54) is 11.3 Å². The van der Waals surface area contributed by atoms with Crippen molar-refractivity contribution in [3.05, 3.63) is 11.1 Å². The zero-order chi connectivity index (χ0) is 11.5. The van der Waals surface area contributed by atoms with Gasteiger partial charge >= 0.3 is 0 Å². The highest BCUT2D eigenvalue weighted by atomic mass is 32.1. The minimum absolute atomic E-state index is 0.336. The van der Waals surface area contributed by atoms with Gasteiger partial charge in [0.05, 0.1) is 0 Å². The van der Waals surface area contributed by atoms with Gasteiger partial charge in [-0.3, -0.25) is 10.2 Å². The average molecular weight is 241 g/mol. The Morgan fingerprint density at radius 1 is 1.50 bits per heavy atom. The van der Waals surface area contributed by atoms with E-state index >= 15 is 0 Å². The fourth-order valence-electron chi connectivity index (χ4n) is 1.59. The summed E-state index contributed by atoms with van der Waals surface area (Å²) in [6, 6.07) is 0. The lowest BCUT2D eigenvalue weighted by atomic mass is 10.3. The predicted molar refractivity (Wildman–Crippen MR) is 63.5 cm³/mol. The largest absolute Gasteiger partial charge is 0.346 e. The maximum atomic E-state index is 11.2. The molecule has 2 rings (SSSR count). The molecule has 6 nitrogen and oxygen atoms in total. The summed E-state index contributed by atoms with van der Waals surface area (Å²) in [7, 11) is 2.10. The summed E-state index contributed by atoms with van der Waals surface area (Å²) in [6.45, 7) is 3.96. The molecule has 0 spiro atoms. The number of thiazole rings is 1. The first-order valence-corrected chi connectivity index (χ1v) is 5.98. The van der Waals surface area contributed by atoms with Crippen molar-refractivity contribution >= 4 is 22.4 Å². The molecule has 0 radical (unpaired) electrons. The summed E-state index contributed by atoms with van der Waals surface area (Å²) < 4.78 is 0. The van der Waals surface area contributed by atoms with Crippen LogP contribution < -0.4 is 16.2 Å². The highest BCUT2D eigenvalue weighted by molar-refractivity contribution is 7.13. The number of rotatable bonds is 2. The molecule has 2 heterocycles. The summed E-state index contributed by atoms with van der Waals surface area (Å²) >= 11 is 1.48. The van der Waals surface area contributed by atoms with E-state index in [4.69, 9.17) is 5.84 Å². The van der Waals surface area contributed by atoms with Gasteiger partial charge in [0.25, 0.3) is 5.91 Å². The fourth-order valence-corrected chi connectivity index (χ4v) is 2.44. The fraction of sp³-hybridized carbons (Fsp3) is 0.556. The van der Waals surface area contributed by atoms with Crippen LogP contribution in [0.2, 0.25) is 0 Å². The number of likely N-dealkylation sites (N-methyl/N-ethyl adjacent to an activating group) is 1. The smallest absolute Gasteiger partial charge is 0.284 e. The number of hydrogen-bond donors (Lipinski definition) is 2. The Labute approximate surface area is 98.0 Å². The first-order valence-electron chi connectivity index (χ1n) is 5.10. The van der Waals surface area contributed by atoms with Crippen molar-refractivity contribution in [1.82, 2.24) is 15.3 Å². The number of hydrogen-bond acceptors (Lipinski definition) is 6. The summed E-state index contributed by atoms with van der Waals surface area (Å²) in [6.07, 6.45) is 0. The van der Waals surface area contributed by atoms with Crippen LogP contribution in [0.15, 0.2) is 5.38 Å². The van der Waals surface area contributed by atoms with Crippen molar-refractivity contribution in [2.75, 3.05) is 38.1 Å². The van der Waals surface area contributed by atoms with Crippen LogP contribution in [0.4, 0.5) is 5.13 Å². The van der Waals surface area contributed by atoms with E-state index in [1.54, 1.807) is 5.38 Å². The number of anilines is 1. The van der Waals surface area contributed by atoms with Crippen molar-refractivity contribution < 1.29 is 4.79 Å². The Morgan fingerprint density at radius 3 is 2.81 bits per heavy atom. The molecular formula is C9H15N5OS. The predicted octanol–water partition coefficient (Wildman–Crippen LogP) is -0.502. The number of carbonyl (C=O) groups excluding carboxylic acids is 1. The number of nitrogen functional groups attached to an aromatic ring is 1. The van der Waals surface area contributed by atoms with E-state index in [0.29, 0.717) is 5.69 Å². The number of piperazine rings is 1. The lowest BCUT2D eigenvalue weighted by Gasteiger charge is -2.32. The summed E-state index contributed by atoms with van der Waals surface area (Å²) in [4.78, 5) is 20.0. The quantitative estimate of drug-likeness (QED) is 0.415. The van der Waals surface area contributed by atoms with Crippen molar-refractivity contribution in [3.63, 3.8) is 0 Å². The van der Waals surface area contributed by atoms with Gasteiger partial charge in [0.15, 0.2) is 5.13 Å². The van der Waals surface area contributed by atoms with Crippen LogP contribution in [0, 0.1) is 0 Å². The van der Waals surface area contributed by atoms with Gasteiger partial charge in [-0.25, -0.2) is 10.8 Å². The van der Waals surface area contributed by atoms with Crippen LogP contribution in [0.1, 0.15) is 10.5 Å². The van der Waals surface area contributed by atoms with Gasteiger partial charge in [0, 0.05) is 31.6 Å². The Bertz CT molecular complexity index is 372. The number of carbonyl (C=O) groups is 1. The Hall–Kier alpha value is -1.18. The highest BCUT2D eigenvalue weighted by Crippen LogP contribution is 2.21. The molecule has 0 bridgehead atoms. The molecule has 88 valence electrons. The molecule has 0 atom stereocenters. The zero-order valence-electron chi connectivity index (χ0n) is 9.14. The van der Waals surface area contributed by atoms with Crippen LogP contribution in [-0.4, -0.2) is 49.0 Å². The molecule has 1 aliphatic heterocycles. The molecule has 1 fully saturated rings. The Balaban J connectivity index is 2.04. The molecule has 1 aromatic heterocycles. The molecule has 1 amide bonds. The molecule has 1 aliphatic rings. The van der Waals surface area contributed by atoms with E-state index in [9.17, 15) is 4.79 Å². The van der Waals surface area contributed by atoms with Gasteiger partial charge < -0.3 is 9.80 Å². The minimum atomic E-state index is -0.336. The Morgan fingerprint density at radius 2 is 2.19 bits per heavy atom. The van der Waals surface area contributed by atoms with E-state index in [0.717, 1.165) is 31.3 Å². The van der Waals surface area contributed by atoms with Crippen LogP contribution in [0.5, 0.6) is 0 Å². The molecule has 0 unspecified atom stereocenters. The SMILES string of the molecule is CN1CCN(c2nc(C(=O)NN)cs2)CC1. The molecule has 0 aliphatic carbocycles. The molecule has 0 aromatic carbocycles. The van der Waals surface area contributed by atoms with Gasteiger partial charge in [-0.1, -0.05) is 0 Å². The average Bonchev–Trinajstić information content (AvgIpc) is 2.78. The molecule has 16 heavy (non-hydrogen) atoms. The third-order valence-electron chi connectivity index (χ3n) is 2.63. The molecule has 1 aromatic rings. The number of hydrazine groups is 1. The van der Waals surface area contributed by atoms with Gasteiger partial charge in [0.1, 0.15) is 5.69 Å². The molecule has 3 N–H and O–H groups in total. The van der Waals surface area contributed by atoms with E-state index in [2.05, 4.69) is 27.3 Å². The summed E-state index contributed by atoms with van der Waals surface area (Å²) in [5.41, 5.74) is 2.47. The van der Waals surface area contributed by atoms with E-state index in [-0.39, 0.29) is 5.91 Å². The van der Waals surface area contributed by atoms with Gasteiger partial charge in [0.2, 0.25) is 0 Å². The lowest BCUT2D eigenvalue weighted by molar-refractivity contribution is 0.0949. The first-order chi connectivity index (χ1) is 7.70. The minimum Gasteiger partial charge on any atom is -0.346 e. The van der Waals surface area contributed by atoms with Crippen molar-refractivity contribution in [2.24, 2.45) is 5.84 Å². The lowest BCUT2D eigenvalue weighted by Crippen LogP contribution is -2.44. The molecule has 7 heteroatoms. The second kappa shape index (κ2) is 4.77. The van der Waals surface area contributed by atoms with Crippen molar-refractivity contribution in [2.45, 2.75) is 0 Å². The second-order valence-corrected chi connectivity index (χ2v) is 4.62. The monoisotopic (exact) mass is 241 g/mol.